The molecule has 2 rings (SSSR count). The quantitative estimate of drug-likeness (QED) is 0.834. The second kappa shape index (κ2) is 5.05. The van der Waals surface area contributed by atoms with Crippen LogP contribution in [0.15, 0.2) is 22.8 Å². The largest absolute Gasteiger partial charge is 0.459 e. The molecule has 104 valence electrons. The Balaban J connectivity index is 1.93. The van der Waals surface area contributed by atoms with E-state index in [9.17, 15) is 9.59 Å². The standard InChI is InChI=1S/C13H19N3O3/c1-13(2,14)12(18)16-7-5-15(6-8-16)11(17)10-4-3-9-19-10/h3-4,9H,5-8,14H2,1-2H3. The number of nitrogens with two attached hydrogens (primary N) is 1. The molecule has 1 fully saturated rings. The Hall–Kier alpha value is -1.82. The average molecular weight is 265 g/mol. The minimum absolute atomic E-state index is 0.0856. The van der Waals surface area contributed by atoms with Crippen molar-refractivity contribution in [2.45, 2.75) is 19.4 Å². The first kappa shape index (κ1) is 13.6. The molecule has 1 aromatic heterocycles. The van der Waals surface area contributed by atoms with Crippen LogP contribution >= 0.6 is 0 Å². The third-order valence-corrected chi connectivity index (χ3v) is 3.14. The van der Waals surface area contributed by atoms with Crippen molar-refractivity contribution < 1.29 is 14.0 Å². The molecule has 1 aliphatic rings. The van der Waals surface area contributed by atoms with Gasteiger partial charge in [-0.25, -0.2) is 0 Å². The minimum atomic E-state index is -0.868. The summed E-state index contributed by atoms with van der Waals surface area (Å²) in [5.41, 5.74) is 4.93. The molecule has 1 aliphatic heterocycles. The fourth-order valence-corrected chi connectivity index (χ4v) is 2.08. The predicted octanol–water partition coefficient (Wildman–Crippen LogP) is 0.301. The van der Waals surface area contributed by atoms with Crippen molar-refractivity contribution in [3.63, 3.8) is 0 Å². The molecule has 2 heterocycles. The molecule has 2 amide bonds. The lowest BCUT2D eigenvalue weighted by Crippen LogP contribution is -2.57. The lowest BCUT2D eigenvalue weighted by atomic mass is 10.0. The Kier molecular flexibility index (Phi) is 3.61. The van der Waals surface area contributed by atoms with Gasteiger partial charge in [0.15, 0.2) is 5.76 Å². The van der Waals surface area contributed by atoms with Crippen LogP contribution in [0.25, 0.3) is 0 Å². The van der Waals surface area contributed by atoms with Gasteiger partial charge < -0.3 is 20.0 Å². The monoisotopic (exact) mass is 265 g/mol. The molecule has 0 bridgehead atoms. The smallest absolute Gasteiger partial charge is 0.289 e. The predicted molar refractivity (Wildman–Crippen MR) is 69.5 cm³/mol. The van der Waals surface area contributed by atoms with Gasteiger partial charge in [-0.2, -0.15) is 0 Å². The zero-order chi connectivity index (χ0) is 14.0. The van der Waals surface area contributed by atoms with Gasteiger partial charge in [0.1, 0.15) is 0 Å². The van der Waals surface area contributed by atoms with Crippen LogP contribution < -0.4 is 5.73 Å². The summed E-state index contributed by atoms with van der Waals surface area (Å²) in [4.78, 5) is 27.4. The highest BCUT2D eigenvalue weighted by Crippen LogP contribution is 2.12. The fraction of sp³-hybridized carbons (Fsp3) is 0.538. The first-order valence-corrected chi connectivity index (χ1v) is 6.30. The molecular weight excluding hydrogens is 246 g/mol. The lowest BCUT2D eigenvalue weighted by Gasteiger charge is -2.37. The Morgan fingerprint density at radius 1 is 1.21 bits per heavy atom. The Morgan fingerprint density at radius 2 is 1.79 bits per heavy atom. The summed E-state index contributed by atoms with van der Waals surface area (Å²) >= 11 is 0. The van der Waals surface area contributed by atoms with Gasteiger partial charge in [0.2, 0.25) is 5.91 Å². The number of nitrogens with zero attached hydrogens (tertiary/aromatic N) is 2. The third kappa shape index (κ3) is 2.96. The average Bonchev–Trinajstić information content (AvgIpc) is 2.90. The van der Waals surface area contributed by atoms with Crippen LogP contribution in [0.5, 0.6) is 0 Å². The molecule has 6 nitrogen and oxygen atoms in total. The van der Waals surface area contributed by atoms with Crippen LogP contribution in [-0.4, -0.2) is 53.3 Å². The molecule has 19 heavy (non-hydrogen) atoms. The van der Waals surface area contributed by atoms with Crippen molar-refractivity contribution in [1.29, 1.82) is 0 Å². The maximum Gasteiger partial charge on any atom is 0.289 e. The van der Waals surface area contributed by atoms with Crippen LogP contribution in [0.4, 0.5) is 0 Å². The molecule has 2 N–H and O–H groups in total. The molecule has 1 aromatic rings. The van der Waals surface area contributed by atoms with E-state index in [0.717, 1.165) is 0 Å². The van der Waals surface area contributed by atoms with Crippen LogP contribution in [-0.2, 0) is 4.79 Å². The van der Waals surface area contributed by atoms with Gasteiger partial charge in [-0.15, -0.1) is 0 Å². The van der Waals surface area contributed by atoms with Crippen molar-refractivity contribution >= 4 is 11.8 Å². The van der Waals surface area contributed by atoms with E-state index in [1.165, 1.54) is 6.26 Å². The van der Waals surface area contributed by atoms with Gasteiger partial charge in [0, 0.05) is 26.2 Å². The Morgan fingerprint density at radius 3 is 2.26 bits per heavy atom. The number of amides is 2. The molecular formula is C13H19N3O3. The lowest BCUT2D eigenvalue weighted by molar-refractivity contribution is -0.137. The zero-order valence-corrected chi connectivity index (χ0v) is 11.3. The molecule has 0 aromatic carbocycles. The molecule has 6 heteroatoms. The summed E-state index contributed by atoms with van der Waals surface area (Å²) in [5, 5.41) is 0. The number of furan rings is 1. The number of piperazine rings is 1. The van der Waals surface area contributed by atoms with Gasteiger partial charge in [-0.3, -0.25) is 9.59 Å². The molecule has 0 aliphatic carbocycles. The third-order valence-electron chi connectivity index (χ3n) is 3.14. The van der Waals surface area contributed by atoms with E-state index in [4.69, 9.17) is 10.2 Å². The summed E-state index contributed by atoms with van der Waals surface area (Å²) < 4.78 is 5.09. The highest BCUT2D eigenvalue weighted by atomic mass is 16.3. The second-order valence-corrected chi connectivity index (χ2v) is 5.28. The van der Waals surface area contributed by atoms with Gasteiger partial charge >= 0.3 is 0 Å². The van der Waals surface area contributed by atoms with Crippen molar-refractivity contribution in [3.05, 3.63) is 24.2 Å². The van der Waals surface area contributed by atoms with E-state index in [1.54, 1.807) is 35.8 Å². The topological polar surface area (TPSA) is 79.8 Å². The van der Waals surface area contributed by atoms with Crippen molar-refractivity contribution in [3.8, 4) is 0 Å². The Bertz CT molecular complexity index is 454. The maximum atomic E-state index is 12.0. The van der Waals surface area contributed by atoms with E-state index in [0.29, 0.717) is 31.9 Å². The highest BCUT2D eigenvalue weighted by Gasteiger charge is 2.31. The van der Waals surface area contributed by atoms with Crippen LogP contribution in [0, 0.1) is 0 Å². The van der Waals surface area contributed by atoms with Crippen LogP contribution in [0.1, 0.15) is 24.4 Å². The van der Waals surface area contributed by atoms with E-state index in [1.807, 2.05) is 0 Å². The molecule has 0 atom stereocenters. The first-order chi connectivity index (χ1) is 8.89. The van der Waals surface area contributed by atoms with Gasteiger partial charge in [-0.1, -0.05) is 0 Å². The maximum absolute atomic E-state index is 12.0. The highest BCUT2D eigenvalue weighted by molar-refractivity contribution is 5.92. The molecule has 0 spiro atoms. The van der Waals surface area contributed by atoms with Gasteiger partial charge in [0.25, 0.3) is 5.91 Å². The van der Waals surface area contributed by atoms with E-state index >= 15 is 0 Å². The number of carbonyl (C=O) groups excluding carboxylic acids is 2. The molecule has 0 radical (unpaired) electrons. The normalized spacial score (nSPS) is 16.6. The zero-order valence-electron chi connectivity index (χ0n) is 11.3. The van der Waals surface area contributed by atoms with E-state index in [2.05, 4.69) is 0 Å². The SMILES string of the molecule is CC(C)(N)C(=O)N1CCN(C(=O)c2ccco2)CC1. The summed E-state index contributed by atoms with van der Waals surface area (Å²) in [6.07, 6.45) is 1.48. The summed E-state index contributed by atoms with van der Waals surface area (Å²) in [7, 11) is 0. The second-order valence-electron chi connectivity index (χ2n) is 5.28. The molecule has 1 saturated heterocycles. The van der Waals surface area contributed by atoms with Gasteiger partial charge in [0.05, 0.1) is 11.8 Å². The minimum Gasteiger partial charge on any atom is -0.459 e. The number of hydrogen-bond donors (Lipinski definition) is 1. The summed E-state index contributed by atoms with van der Waals surface area (Å²) in [5.74, 6) is 0.112. The van der Waals surface area contributed by atoms with E-state index in [-0.39, 0.29) is 11.8 Å². The van der Waals surface area contributed by atoms with Crippen LogP contribution in [0.2, 0.25) is 0 Å². The number of rotatable bonds is 2. The van der Waals surface area contributed by atoms with Crippen molar-refractivity contribution in [2.24, 2.45) is 5.73 Å². The van der Waals surface area contributed by atoms with Crippen molar-refractivity contribution in [2.75, 3.05) is 26.2 Å². The first-order valence-electron chi connectivity index (χ1n) is 6.30. The Labute approximate surface area is 112 Å². The summed E-state index contributed by atoms with van der Waals surface area (Å²) in [6, 6.07) is 3.33. The fourth-order valence-electron chi connectivity index (χ4n) is 2.08. The summed E-state index contributed by atoms with van der Waals surface area (Å²) in [6.45, 7) is 5.39. The van der Waals surface area contributed by atoms with E-state index < -0.39 is 5.54 Å². The number of hydrogen-bond acceptors (Lipinski definition) is 4. The van der Waals surface area contributed by atoms with Crippen LogP contribution in [0.3, 0.4) is 0 Å². The molecule has 0 saturated carbocycles. The molecule has 0 unspecified atom stereocenters. The van der Waals surface area contributed by atoms with Crippen molar-refractivity contribution in [1.82, 2.24) is 9.80 Å². The van der Waals surface area contributed by atoms with Gasteiger partial charge in [-0.05, 0) is 26.0 Å². The number of carbonyl (C=O) groups is 2.